The summed E-state index contributed by atoms with van der Waals surface area (Å²) in [6, 6.07) is 17.6. The number of esters is 1. The van der Waals surface area contributed by atoms with Crippen LogP contribution in [-0.2, 0) is 4.79 Å². The normalized spacial score (nSPS) is 10.6. The summed E-state index contributed by atoms with van der Waals surface area (Å²) in [6.45, 7) is 0. The van der Waals surface area contributed by atoms with Crippen LogP contribution in [0.1, 0.15) is 5.56 Å². The Balaban J connectivity index is 2.25. The quantitative estimate of drug-likeness (QED) is 0.373. The van der Waals surface area contributed by atoms with E-state index >= 15 is 0 Å². The van der Waals surface area contributed by atoms with Gasteiger partial charge in [-0.15, -0.1) is 0 Å². The van der Waals surface area contributed by atoms with E-state index in [1.54, 1.807) is 42.5 Å². The van der Waals surface area contributed by atoms with Crippen molar-refractivity contribution in [2.45, 2.75) is 0 Å². The lowest BCUT2D eigenvalue weighted by Gasteiger charge is -2.05. The number of carbonyl (C=O) groups is 1. The Hall–Kier alpha value is -3.06. The van der Waals surface area contributed by atoms with E-state index in [0.29, 0.717) is 17.1 Å². The highest BCUT2D eigenvalue weighted by atomic mass is 16.5. The molecule has 2 aromatic rings. The van der Waals surface area contributed by atoms with Gasteiger partial charge in [-0.05, 0) is 24.3 Å². The topological polar surface area (TPSA) is 59.3 Å². The molecule has 0 radical (unpaired) electrons. The number of benzene rings is 2. The van der Waals surface area contributed by atoms with Crippen molar-refractivity contribution in [3.63, 3.8) is 0 Å². The molecule has 2 aromatic carbocycles. The van der Waals surface area contributed by atoms with E-state index in [1.807, 2.05) is 18.2 Å². The average Bonchev–Trinajstić information content (AvgIpc) is 2.53. The maximum Gasteiger partial charge on any atom is 0.354 e. The van der Waals surface area contributed by atoms with E-state index in [2.05, 4.69) is 0 Å². The molecule has 0 aromatic heterocycles. The van der Waals surface area contributed by atoms with Crippen LogP contribution in [0.3, 0.4) is 0 Å². The van der Waals surface area contributed by atoms with Crippen LogP contribution in [0.5, 0.6) is 11.5 Å². The minimum atomic E-state index is -0.699. The van der Waals surface area contributed by atoms with Gasteiger partial charge in [-0.25, -0.2) is 4.79 Å². The van der Waals surface area contributed by atoms with Crippen LogP contribution in [-0.4, -0.2) is 13.1 Å². The van der Waals surface area contributed by atoms with E-state index in [-0.39, 0.29) is 5.57 Å². The monoisotopic (exact) mass is 279 g/mol. The lowest BCUT2D eigenvalue weighted by atomic mass is 10.1. The zero-order valence-corrected chi connectivity index (χ0v) is 11.4. The summed E-state index contributed by atoms with van der Waals surface area (Å²) < 4.78 is 10.3. The van der Waals surface area contributed by atoms with Gasteiger partial charge in [0.1, 0.15) is 23.1 Å². The summed E-state index contributed by atoms with van der Waals surface area (Å²) in [7, 11) is 1.53. The fraction of sp³-hybridized carbons (Fsp3) is 0.0588. The van der Waals surface area contributed by atoms with Crippen LogP contribution < -0.4 is 9.47 Å². The number of para-hydroxylation sites is 2. The third kappa shape index (κ3) is 3.71. The van der Waals surface area contributed by atoms with Crippen molar-refractivity contribution in [2.24, 2.45) is 0 Å². The second-order valence-corrected chi connectivity index (χ2v) is 4.11. The Morgan fingerprint density at radius 1 is 1.10 bits per heavy atom. The second-order valence-electron chi connectivity index (χ2n) is 4.11. The number of nitrogens with zero attached hydrogens (tertiary/aromatic N) is 1. The van der Waals surface area contributed by atoms with Gasteiger partial charge in [0.2, 0.25) is 0 Å². The van der Waals surface area contributed by atoms with Gasteiger partial charge in [0, 0.05) is 5.56 Å². The molecule has 0 heterocycles. The van der Waals surface area contributed by atoms with Gasteiger partial charge in [0.25, 0.3) is 0 Å². The maximum atomic E-state index is 12.0. The summed E-state index contributed by atoms with van der Waals surface area (Å²) in [5.41, 5.74) is 0.546. The SMILES string of the molecule is COc1ccccc1C=C(C#N)C(=O)Oc1ccccc1. The van der Waals surface area contributed by atoms with E-state index in [1.165, 1.54) is 13.2 Å². The zero-order chi connectivity index (χ0) is 15.1. The molecule has 104 valence electrons. The van der Waals surface area contributed by atoms with Crippen LogP contribution >= 0.6 is 0 Å². The molecule has 0 saturated carbocycles. The Morgan fingerprint density at radius 3 is 2.43 bits per heavy atom. The van der Waals surface area contributed by atoms with Crippen molar-refractivity contribution < 1.29 is 14.3 Å². The molecule has 0 bridgehead atoms. The van der Waals surface area contributed by atoms with E-state index in [4.69, 9.17) is 14.7 Å². The second kappa shape index (κ2) is 6.92. The lowest BCUT2D eigenvalue weighted by Crippen LogP contribution is -2.10. The molecule has 2 rings (SSSR count). The highest BCUT2D eigenvalue weighted by Gasteiger charge is 2.13. The lowest BCUT2D eigenvalue weighted by molar-refractivity contribution is -0.129. The molecule has 4 heteroatoms. The van der Waals surface area contributed by atoms with Crippen LogP contribution in [0, 0.1) is 11.3 Å². The molecular weight excluding hydrogens is 266 g/mol. The fourth-order valence-corrected chi connectivity index (χ4v) is 1.73. The average molecular weight is 279 g/mol. The number of rotatable bonds is 4. The molecule has 0 atom stereocenters. The van der Waals surface area contributed by atoms with Gasteiger partial charge in [-0.3, -0.25) is 0 Å². The molecule has 0 spiro atoms. The van der Waals surface area contributed by atoms with Crippen LogP contribution in [0.25, 0.3) is 6.08 Å². The minimum absolute atomic E-state index is 0.0941. The smallest absolute Gasteiger partial charge is 0.354 e. The van der Waals surface area contributed by atoms with Crippen molar-refractivity contribution in [1.82, 2.24) is 0 Å². The number of hydrogen-bond acceptors (Lipinski definition) is 4. The highest BCUT2D eigenvalue weighted by molar-refractivity contribution is 5.99. The Morgan fingerprint density at radius 2 is 1.76 bits per heavy atom. The minimum Gasteiger partial charge on any atom is -0.496 e. The highest BCUT2D eigenvalue weighted by Crippen LogP contribution is 2.21. The molecule has 0 aliphatic carbocycles. The van der Waals surface area contributed by atoms with E-state index < -0.39 is 5.97 Å². The molecule has 0 saturated heterocycles. The molecule has 0 unspecified atom stereocenters. The number of ether oxygens (including phenoxy) is 2. The third-order valence-electron chi connectivity index (χ3n) is 2.73. The van der Waals surface area contributed by atoms with E-state index in [0.717, 1.165) is 0 Å². The number of carbonyl (C=O) groups excluding carboxylic acids is 1. The Kier molecular flexibility index (Phi) is 4.73. The molecule has 0 aliphatic rings. The standard InChI is InChI=1S/C17H13NO3/c1-20-16-10-6-5-7-13(16)11-14(12-18)17(19)21-15-8-3-2-4-9-15/h2-11H,1H3. The van der Waals surface area contributed by atoms with Gasteiger partial charge in [-0.2, -0.15) is 5.26 Å². The number of hydrogen-bond donors (Lipinski definition) is 0. The summed E-state index contributed by atoms with van der Waals surface area (Å²) in [5, 5.41) is 9.14. The Bertz CT molecular complexity index is 699. The Labute approximate surface area is 122 Å². The third-order valence-corrected chi connectivity index (χ3v) is 2.73. The van der Waals surface area contributed by atoms with Crippen LogP contribution in [0.15, 0.2) is 60.2 Å². The molecule has 0 fully saturated rings. The summed E-state index contributed by atoms with van der Waals surface area (Å²) in [5.74, 6) is 0.274. The first kappa shape index (κ1) is 14.4. The van der Waals surface area contributed by atoms with Crippen LogP contribution in [0.2, 0.25) is 0 Å². The van der Waals surface area contributed by atoms with Gasteiger partial charge >= 0.3 is 5.97 Å². The van der Waals surface area contributed by atoms with Crippen molar-refractivity contribution in [1.29, 1.82) is 5.26 Å². The predicted octanol–water partition coefficient (Wildman–Crippen LogP) is 3.21. The van der Waals surface area contributed by atoms with E-state index in [9.17, 15) is 4.79 Å². The first-order valence-electron chi connectivity index (χ1n) is 6.26. The molecule has 0 aliphatic heterocycles. The van der Waals surface area contributed by atoms with Crippen LogP contribution in [0.4, 0.5) is 0 Å². The molecule has 21 heavy (non-hydrogen) atoms. The fourth-order valence-electron chi connectivity index (χ4n) is 1.73. The van der Waals surface area contributed by atoms with Gasteiger partial charge in [-0.1, -0.05) is 36.4 Å². The summed E-state index contributed by atoms with van der Waals surface area (Å²) >= 11 is 0. The zero-order valence-electron chi connectivity index (χ0n) is 11.4. The van der Waals surface area contributed by atoms with Crippen molar-refractivity contribution in [3.05, 3.63) is 65.7 Å². The van der Waals surface area contributed by atoms with Gasteiger partial charge in [0.15, 0.2) is 0 Å². The number of methoxy groups -OCH3 is 1. The first-order chi connectivity index (χ1) is 10.2. The van der Waals surface area contributed by atoms with Crippen molar-refractivity contribution in [2.75, 3.05) is 7.11 Å². The number of nitriles is 1. The van der Waals surface area contributed by atoms with Crippen molar-refractivity contribution >= 4 is 12.0 Å². The summed E-state index contributed by atoms with van der Waals surface area (Å²) in [6.07, 6.45) is 1.45. The largest absolute Gasteiger partial charge is 0.496 e. The molecule has 4 nitrogen and oxygen atoms in total. The predicted molar refractivity (Wildman–Crippen MR) is 78.7 cm³/mol. The maximum absolute atomic E-state index is 12.0. The van der Waals surface area contributed by atoms with Gasteiger partial charge < -0.3 is 9.47 Å². The van der Waals surface area contributed by atoms with Crippen molar-refractivity contribution in [3.8, 4) is 17.6 Å². The summed E-state index contributed by atoms with van der Waals surface area (Å²) in [4.78, 5) is 12.0. The van der Waals surface area contributed by atoms with Gasteiger partial charge in [0.05, 0.1) is 7.11 Å². The molecular formula is C17H13NO3. The first-order valence-corrected chi connectivity index (χ1v) is 6.26. The molecule has 0 amide bonds. The molecule has 0 N–H and O–H groups in total.